The largest absolute Gasteiger partial charge is 0.493 e. The molecule has 2 rings (SSSR count). The van der Waals surface area contributed by atoms with Crippen LogP contribution in [0, 0.1) is 13.8 Å². The van der Waals surface area contributed by atoms with Crippen molar-refractivity contribution >= 4 is 5.69 Å². The van der Waals surface area contributed by atoms with Crippen molar-refractivity contribution in [1.82, 2.24) is 4.98 Å². The van der Waals surface area contributed by atoms with Crippen molar-refractivity contribution in [2.45, 2.75) is 20.4 Å². The maximum atomic E-state index is 5.39. The molecule has 1 heterocycles. The zero-order chi connectivity index (χ0) is 14.5. The summed E-state index contributed by atoms with van der Waals surface area (Å²) in [6.07, 6.45) is 1.73. The molecule has 0 aliphatic heterocycles. The Morgan fingerprint density at radius 1 is 1.05 bits per heavy atom. The Labute approximate surface area is 119 Å². The average Bonchev–Trinajstić information content (AvgIpc) is 2.46. The summed E-state index contributed by atoms with van der Waals surface area (Å²) in [5.41, 5.74) is 4.40. The first-order chi connectivity index (χ1) is 9.67. The van der Waals surface area contributed by atoms with Crippen molar-refractivity contribution in [3.05, 3.63) is 47.3 Å². The molecule has 4 nitrogen and oxygen atoms in total. The Morgan fingerprint density at radius 3 is 2.35 bits per heavy atom. The lowest BCUT2D eigenvalue weighted by Gasteiger charge is -2.15. The molecular weight excluding hydrogens is 252 g/mol. The second-order valence-electron chi connectivity index (χ2n) is 4.61. The number of nitrogens with zero attached hydrogens (tertiary/aromatic N) is 1. The van der Waals surface area contributed by atoms with Crippen molar-refractivity contribution in [3.63, 3.8) is 0 Å². The molecule has 0 aliphatic carbocycles. The van der Waals surface area contributed by atoms with Gasteiger partial charge in [-0.3, -0.25) is 4.98 Å². The van der Waals surface area contributed by atoms with Crippen LogP contribution in [0.4, 0.5) is 5.69 Å². The van der Waals surface area contributed by atoms with Crippen molar-refractivity contribution in [1.29, 1.82) is 0 Å². The standard InChI is InChI=1S/C16H20N2O2/c1-11-6-5-7-12(2)15(11)18-10-13-16(20-4)14(19-3)8-9-17-13/h5-9,18H,10H2,1-4H3. The Hall–Kier alpha value is -2.23. The van der Waals surface area contributed by atoms with Crippen LogP contribution >= 0.6 is 0 Å². The molecule has 0 aliphatic rings. The molecule has 0 radical (unpaired) electrons. The first-order valence-electron chi connectivity index (χ1n) is 6.53. The van der Waals surface area contributed by atoms with E-state index in [1.807, 2.05) is 0 Å². The van der Waals surface area contributed by atoms with E-state index in [9.17, 15) is 0 Å². The predicted octanol–water partition coefficient (Wildman–Crippen LogP) is 3.33. The number of para-hydroxylation sites is 1. The van der Waals surface area contributed by atoms with Crippen molar-refractivity contribution in [2.75, 3.05) is 19.5 Å². The number of hydrogen-bond donors (Lipinski definition) is 1. The molecule has 106 valence electrons. The molecule has 0 bridgehead atoms. The summed E-state index contributed by atoms with van der Waals surface area (Å²) in [4.78, 5) is 4.37. The summed E-state index contributed by atoms with van der Waals surface area (Å²) in [6, 6.07) is 8.03. The van der Waals surface area contributed by atoms with Gasteiger partial charge in [-0.25, -0.2) is 0 Å². The van der Waals surface area contributed by atoms with Gasteiger partial charge >= 0.3 is 0 Å². The van der Waals surface area contributed by atoms with Crippen molar-refractivity contribution < 1.29 is 9.47 Å². The van der Waals surface area contributed by atoms with Crippen LogP contribution in [0.2, 0.25) is 0 Å². The molecule has 0 spiro atoms. The molecular formula is C16H20N2O2. The highest BCUT2D eigenvalue weighted by Crippen LogP contribution is 2.30. The van der Waals surface area contributed by atoms with Crippen LogP contribution < -0.4 is 14.8 Å². The number of benzene rings is 1. The minimum Gasteiger partial charge on any atom is -0.493 e. The number of nitrogens with one attached hydrogen (secondary N) is 1. The summed E-state index contributed by atoms with van der Waals surface area (Å²) in [5.74, 6) is 1.37. The average molecular weight is 272 g/mol. The molecule has 0 fully saturated rings. The van der Waals surface area contributed by atoms with Gasteiger partial charge in [0.1, 0.15) is 5.69 Å². The van der Waals surface area contributed by atoms with Gasteiger partial charge < -0.3 is 14.8 Å². The SMILES string of the molecule is COc1ccnc(CNc2c(C)cccc2C)c1OC. The number of aromatic nitrogens is 1. The zero-order valence-corrected chi connectivity index (χ0v) is 12.4. The Kier molecular flexibility index (Phi) is 4.45. The number of rotatable bonds is 5. The van der Waals surface area contributed by atoms with Crippen LogP contribution in [-0.4, -0.2) is 19.2 Å². The highest BCUT2D eigenvalue weighted by molar-refractivity contribution is 5.57. The van der Waals surface area contributed by atoms with Gasteiger partial charge in [-0.05, 0) is 25.0 Å². The van der Waals surface area contributed by atoms with E-state index in [2.05, 4.69) is 42.3 Å². The number of methoxy groups -OCH3 is 2. The fourth-order valence-corrected chi connectivity index (χ4v) is 2.24. The topological polar surface area (TPSA) is 43.4 Å². The molecule has 0 atom stereocenters. The van der Waals surface area contributed by atoms with Crippen molar-refractivity contribution in [2.24, 2.45) is 0 Å². The molecule has 0 saturated carbocycles. The van der Waals surface area contributed by atoms with Gasteiger partial charge in [0.25, 0.3) is 0 Å². The number of aryl methyl sites for hydroxylation is 2. The summed E-state index contributed by atoms with van der Waals surface area (Å²) >= 11 is 0. The lowest BCUT2D eigenvalue weighted by atomic mass is 10.1. The van der Waals surface area contributed by atoms with Crippen LogP contribution in [0.15, 0.2) is 30.5 Å². The van der Waals surface area contributed by atoms with Gasteiger partial charge in [0.2, 0.25) is 0 Å². The van der Waals surface area contributed by atoms with Crippen LogP contribution in [-0.2, 0) is 6.54 Å². The fraction of sp³-hybridized carbons (Fsp3) is 0.312. The third kappa shape index (κ3) is 2.85. The second-order valence-corrected chi connectivity index (χ2v) is 4.61. The highest BCUT2D eigenvalue weighted by Gasteiger charge is 2.11. The number of ether oxygens (including phenoxy) is 2. The van der Waals surface area contributed by atoms with Gasteiger partial charge in [-0.2, -0.15) is 0 Å². The zero-order valence-electron chi connectivity index (χ0n) is 12.4. The number of pyridine rings is 1. The lowest BCUT2D eigenvalue weighted by Crippen LogP contribution is -2.07. The Balaban J connectivity index is 2.23. The van der Waals surface area contributed by atoms with Crippen LogP contribution in [0.3, 0.4) is 0 Å². The minimum atomic E-state index is 0.589. The molecule has 20 heavy (non-hydrogen) atoms. The Bertz CT molecular complexity index is 577. The summed E-state index contributed by atoms with van der Waals surface area (Å²) in [7, 11) is 3.25. The van der Waals surface area contributed by atoms with Gasteiger partial charge in [-0.1, -0.05) is 18.2 Å². The monoisotopic (exact) mass is 272 g/mol. The summed E-state index contributed by atoms with van der Waals surface area (Å²) in [6.45, 7) is 4.77. The molecule has 0 unspecified atom stereocenters. The fourth-order valence-electron chi connectivity index (χ4n) is 2.24. The van der Waals surface area contributed by atoms with E-state index in [1.165, 1.54) is 11.1 Å². The summed E-state index contributed by atoms with van der Waals surface area (Å²) < 4.78 is 10.7. The highest BCUT2D eigenvalue weighted by atomic mass is 16.5. The predicted molar refractivity (Wildman–Crippen MR) is 80.6 cm³/mol. The number of anilines is 1. The van der Waals surface area contributed by atoms with Gasteiger partial charge in [-0.15, -0.1) is 0 Å². The quantitative estimate of drug-likeness (QED) is 0.906. The molecule has 0 saturated heterocycles. The van der Waals surface area contributed by atoms with Gasteiger partial charge in [0.05, 0.1) is 20.8 Å². The van der Waals surface area contributed by atoms with Crippen LogP contribution in [0.1, 0.15) is 16.8 Å². The maximum Gasteiger partial charge on any atom is 0.184 e. The normalized spacial score (nSPS) is 10.2. The minimum absolute atomic E-state index is 0.589. The molecule has 1 aromatic heterocycles. The smallest absolute Gasteiger partial charge is 0.184 e. The van der Waals surface area contributed by atoms with E-state index in [1.54, 1.807) is 26.5 Å². The first kappa shape index (κ1) is 14.2. The maximum absolute atomic E-state index is 5.39. The number of hydrogen-bond acceptors (Lipinski definition) is 4. The second kappa shape index (κ2) is 6.28. The first-order valence-corrected chi connectivity index (χ1v) is 6.53. The van der Waals surface area contributed by atoms with E-state index in [0.717, 1.165) is 11.4 Å². The van der Waals surface area contributed by atoms with E-state index < -0.39 is 0 Å². The van der Waals surface area contributed by atoms with E-state index in [4.69, 9.17) is 9.47 Å². The summed E-state index contributed by atoms with van der Waals surface area (Å²) in [5, 5.41) is 3.43. The van der Waals surface area contributed by atoms with E-state index in [-0.39, 0.29) is 0 Å². The third-order valence-electron chi connectivity index (χ3n) is 3.28. The molecule has 1 aromatic carbocycles. The molecule has 1 N–H and O–H groups in total. The molecule has 0 amide bonds. The molecule has 4 heteroatoms. The van der Waals surface area contributed by atoms with Crippen LogP contribution in [0.5, 0.6) is 11.5 Å². The Morgan fingerprint density at radius 2 is 1.75 bits per heavy atom. The van der Waals surface area contributed by atoms with Crippen LogP contribution in [0.25, 0.3) is 0 Å². The van der Waals surface area contributed by atoms with Gasteiger partial charge in [0.15, 0.2) is 11.5 Å². The molecule has 2 aromatic rings. The third-order valence-corrected chi connectivity index (χ3v) is 3.28. The van der Waals surface area contributed by atoms with E-state index >= 15 is 0 Å². The lowest BCUT2D eigenvalue weighted by molar-refractivity contribution is 0.350. The van der Waals surface area contributed by atoms with E-state index in [0.29, 0.717) is 18.0 Å². The van der Waals surface area contributed by atoms with Crippen molar-refractivity contribution in [3.8, 4) is 11.5 Å². The van der Waals surface area contributed by atoms with Gasteiger partial charge in [0, 0.05) is 18.0 Å².